The van der Waals surface area contributed by atoms with Gasteiger partial charge in [0.15, 0.2) is 23.3 Å². The van der Waals surface area contributed by atoms with Crippen molar-refractivity contribution in [3.63, 3.8) is 0 Å². The molecule has 16 heteroatoms. The molecule has 0 amide bonds. The molecule has 0 fully saturated rings. The van der Waals surface area contributed by atoms with Gasteiger partial charge in [-0.05, 0) is 186 Å². The van der Waals surface area contributed by atoms with Crippen LogP contribution in [-0.4, -0.2) is 74.5 Å². The molecule has 2 unspecified atom stereocenters. The Bertz CT molecular complexity index is 3500. The summed E-state index contributed by atoms with van der Waals surface area (Å²) in [5.41, 5.74) is 10.9. The van der Waals surface area contributed by atoms with Crippen LogP contribution in [-0.2, 0) is 62.8 Å². The summed E-state index contributed by atoms with van der Waals surface area (Å²) in [4.78, 5) is 33.3. The lowest BCUT2D eigenvalue weighted by molar-refractivity contribution is -0.158. The van der Waals surface area contributed by atoms with E-state index in [2.05, 4.69) is 106 Å². The minimum Gasteiger partial charge on any atom is -0.482 e. The number of aromatic nitrogens is 2. The number of nitrogens with zero attached hydrogens (tertiary/aromatic N) is 3. The molecule has 0 bridgehead atoms. The van der Waals surface area contributed by atoms with Gasteiger partial charge >= 0.3 is 11.9 Å². The Morgan fingerprint density at radius 3 is 1.45 bits per heavy atom. The first-order valence-electron chi connectivity index (χ1n) is 28.8. The maximum atomic E-state index is 13.8. The number of carbonyl (C=O) groups is 2. The first kappa shape index (κ1) is 64.1. The van der Waals surface area contributed by atoms with Crippen LogP contribution >= 0.6 is 0 Å². The second kappa shape index (κ2) is 25.8. The Balaban J connectivity index is 0.000000239. The third-order valence-corrected chi connectivity index (χ3v) is 17.8. The quantitative estimate of drug-likeness (QED) is 0.0806. The highest BCUT2D eigenvalue weighted by Gasteiger charge is 2.34. The number of esters is 2. The SMILES string of the molecule is Cc1cc(-c2ccc(S(=O)(=O)N(C)C3CCCCc4c(OCC(=O)OC(C)(C)C)cccc43)nc2)cc(C(C)(C)C)c1.Cc1cc(-c2ccc(S(=O)(=O)NC3CCCCc4c(OCC(=O)OC(C)(C)C)cccc43)nc2)cc(C(C)(C)C)c1. The molecule has 0 spiro atoms. The molecule has 2 aliphatic carbocycles. The van der Waals surface area contributed by atoms with Crippen molar-refractivity contribution in [1.29, 1.82) is 0 Å². The molecule has 8 rings (SSSR count). The van der Waals surface area contributed by atoms with Crippen molar-refractivity contribution in [1.82, 2.24) is 19.0 Å². The van der Waals surface area contributed by atoms with E-state index >= 15 is 0 Å². The number of pyridine rings is 2. The van der Waals surface area contributed by atoms with Gasteiger partial charge in [-0.1, -0.05) is 126 Å². The summed E-state index contributed by atoms with van der Waals surface area (Å²) in [5, 5.41) is -0.00588. The monoisotopic (exact) mass is 1170 g/mol. The number of ether oxygens (including phenoxy) is 4. The molecular weight excluding hydrogens is 1080 g/mol. The van der Waals surface area contributed by atoms with E-state index in [1.54, 1.807) is 31.6 Å². The number of aryl methyl sites for hydroxylation is 2. The van der Waals surface area contributed by atoms with Gasteiger partial charge in [0.2, 0.25) is 0 Å². The second-order valence-corrected chi connectivity index (χ2v) is 29.7. The van der Waals surface area contributed by atoms with Crippen LogP contribution in [0.25, 0.3) is 22.3 Å². The molecule has 2 aromatic heterocycles. The van der Waals surface area contributed by atoms with Crippen LogP contribution in [0.4, 0.5) is 0 Å². The van der Waals surface area contributed by atoms with Gasteiger partial charge in [0.05, 0.1) is 6.04 Å². The summed E-state index contributed by atoms with van der Waals surface area (Å²) in [7, 11) is -6.16. The van der Waals surface area contributed by atoms with E-state index in [1.807, 2.05) is 90.1 Å². The average molecular weight is 1170 g/mol. The number of fused-ring (bicyclic) bond motifs is 2. The zero-order valence-corrected chi connectivity index (χ0v) is 53.0. The standard InChI is InChI=1S/C34H44N2O5S.C33H42N2O5S/c1-23-18-25(20-26(19-23)33(2,3)4)24-16-17-31(35-21-24)42(38,39)36(8)29-14-10-9-12-28-27(29)13-11-15-30(28)40-22-32(37)41-34(5,6)7;1-22-17-24(19-25(18-22)32(2,3)4)23-15-16-30(34-20-23)41(37,38)35-28-13-9-8-11-27-26(28)12-10-14-29(27)39-21-31(36)40-33(5,6)7/h11,13,15-21,29H,9-10,12,14,22H2,1-8H3;10,12,14-20,28,35H,8-9,11,13,21H2,1-7H3. The number of nitrogens with one attached hydrogen (secondary N) is 1. The number of benzene rings is 4. The molecule has 6 aromatic rings. The Labute approximate surface area is 494 Å². The second-order valence-electron chi connectivity index (χ2n) is 26.0. The van der Waals surface area contributed by atoms with Crippen molar-refractivity contribution in [2.24, 2.45) is 0 Å². The molecule has 2 aliphatic rings. The molecule has 0 radical (unpaired) electrons. The Morgan fingerprint density at radius 2 is 1.00 bits per heavy atom. The fraction of sp³-hybridized carbons (Fsp3) is 0.463. The highest BCUT2D eigenvalue weighted by molar-refractivity contribution is 7.89. The predicted molar refractivity (Wildman–Crippen MR) is 328 cm³/mol. The van der Waals surface area contributed by atoms with Gasteiger partial charge in [0.1, 0.15) is 22.7 Å². The highest BCUT2D eigenvalue weighted by Crippen LogP contribution is 2.40. The van der Waals surface area contributed by atoms with E-state index in [-0.39, 0.29) is 40.1 Å². The van der Waals surface area contributed by atoms with Crippen molar-refractivity contribution < 1.29 is 45.4 Å². The summed E-state index contributed by atoms with van der Waals surface area (Å²) in [5.74, 6) is 0.275. The first-order chi connectivity index (χ1) is 38.7. The number of hydrogen-bond acceptors (Lipinski definition) is 12. The largest absolute Gasteiger partial charge is 0.482 e. The van der Waals surface area contributed by atoms with Gasteiger partial charge < -0.3 is 18.9 Å². The molecular formula is C67H86N4O10S2. The van der Waals surface area contributed by atoms with Crippen LogP contribution in [0.2, 0.25) is 0 Å². The van der Waals surface area contributed by atoms with Crippen LogP contribution < -0.4 is 14.2 Å². The average Bonchev–Trinajstić information content (AvgIpc) is 4.04. The molecule has 2 atom stereocenters. The lowest BCUT2D eigenvalue weighted by atomic mass is 9.84. The molecule has 0 saturated heterocycles. The Hall–Kier alpha value is -6.46. The minimum absolute atomic E-state index is 0.00294. The fourth-order valence-electron chi connectivity index (χ4n) is 10.5. The van der Waals surface area contributed by atoms with Crippen molar-refractivity contribution in [2.45, 2.75) is 192 Å². The summed E-state index contributed by atoms with van der Waals surface area (Å²) in [6, 6.07) is 30.0. The van der Waals surface area contributed by atoms with Crippen molar-refractivity contribution >= 4 is 32.0 Å². The highest BCUT2D eigenvalue weighted by atomic mass is 32.2. The van der Waals surface area contributed by atoms with Gasteiger partial charge in [-0.25, -0.2) is 41.1 Å². The van der Waals surface area contributed by atoms with Crippen molar-refractivity contribution in [3.05, 3.63) is 154 Å². The van der Waals surface area contributed by atoms with Crippen LogP contribution in [0.1, 0.15) is 178 Å². The maximum absolute atomic E-state index is 13.8. The summed E-state index contributed by atoms with van der Waals surface area (Å²) in [6.07, 6.45) is 9.56. The third-order valence-electron chi connectivity index (χ3n) is 14.6. The molecule has 446 valence electrons. The van der Waals surface area contributed by atoms with Gasteiger partial charge in [0, 0.05) is 36.6 Å². The third kappa shape index (κ3) is 17.1. The first-order valence-corrected chi connectivity index (χ1v) is 31.7. The summed E-state index contributed by atoms with van der Waals surface area (Å²) in [6.45, 7) is 27.6. The van der Waals surface area contributed by atoms with Crippen LogP contribution in [0.5, 0.6) is 11.5 Å². The number of carbonyl (C=O) groups excluding carboxylic acids is 2. The van der Waals surface area contributed by atoms with Crippen molar-refractivity contribution in [2.75, 3.05) is 20.3 Å². The van der Waals surface area contributed by atoms with Gasteiger partial charge in [-0.3, -0.25) is 0 Å². The molecule has 14 nitrogen and oxygen atoms in total. The van der Waals surface area contributed by atoms with E-state index in [0.717, 1.165) is 94.2 Å². The van der Waals surface area contributed by atoms with Gasteiger partial charge in [-0.15, -0.1) is 0 Å². The fourth-order valence-corrected chi connectivity index (χ4v) is 12.9. The number of rotatable bonds is 14. The van der Waals surface area contributed by atoms with Crippen LogP contribution in [0, 0.1) is 13.8 Å². The molecule has 2 heterocycles. The lowest BCUT2D eigenvalue weighted by Gasteiger charge is -2.28. The predicted octanol–water partition coefficient (Wildman–Crippen LogP) is 14.0. The van der Waals surface area contributed by atoms with Crippen LogP contribution in [0.15, 0.2) is 120 Å². The zero-order chi connectivity index (χ0) is 60.9. The van der Waals surface area contributed by atoms with Crippen LogP contribution in [0.3, 0.4) is 0 Å². The normalized spacial score (nSPS) is 16.0. The molecule has 1 N–H and O–H groups in total. The Kier molecular flexibility index (Phi) is 19.9. The molecule has 4 aromatic carbocycles. The topological polar surface area (TPSA) is 180 Å². The maximum Gasteiger partial charge on any atom is 0.344 e. The van der Waals surface area contributed by atoms with Gasteiger partial charge in [-0.2, -0.15) is 4.31 Å². The van der Waals surface area contributed by atoms with E-state index in [4.69, 9.17) is 18.9 Å². The molecule has 0 saturated carbocycles. The van der Waals surface area contributed by atoms with E-state index in [0.29, 0.717) is 24.3 Å². The number of hydrogen-bond donors (Lipinski definition) is 1. The minimum atomic E-state index is -3.89. The lowest BCUT2D eigenvalue weighted by Crippen LogP contribution is -2.32. The smallest absolute Gasteiger partial charge is 0.344 e. The zero-order valence-electron chi connectivity index (χ0n) is 51.4. The van der Waals surface area contributed by atoms with E-state index in [9.17, 15) is 26.4 Å². The van der Waals surface area contributed by atoms with E-state index < -0.39 is 49.2 Å². The number of sulfonamides is 2. The van der Waals surface area contributed by atoms with E-state index in [1.165, 1.54) is 15.4 Å². The molecule has 83 heavy (non-hydrogen) atoms. The van der Waals surface area contributed by atoms with Crippen molar-refractivity contribution in [3.8, 4) is 33.8 Å². The molecule has 0 aliphatic heterocycles. The van der Waals surface area contributed by atoms with Gasteiger partial charge in [0.25, 0.3) is 20.0 Å². The summed E-state index contributed by atoms with van der Waals surface area (Å²) >= 11 is 0. The summed E-state index contributed by atoms with van der Waals surface area (Å²) < 4.78 is 81.5. The Morgan fingerprint density at radius 1 is 0.554 bits per heavy atom.